The monoisotopic (exact) mass is 598 g/mol. The summed E-state index contributed by atoms with van der Waals surface area (Å²) in [5.74, 6) is 0.980. The molecule has 1 aliphatic heterocycles. The van der Waals surface area contributed by atoms with E-state index >= 15 is 0 Å². The quantitative estimate of drug-likeness (QED) is 0.271. The fourth-order valence-electron chi connectivity index (χ4n) is 4.95. The predicted octanol–water partition coefficient (Wildman–Crippen LogP) is 4.84. The maximum absolute atomic E-state index is 13.4. The lowest BCUT2D eigenvalue weighted by Gasteiger charge is -2.27. The van der Waals surface area contributed by atoms with Crippen LogP contribution >= 0.6 is 11.3 Å². The Labute approximate surface area is 251 Å². The van der Waals surface area contributed by atoms with Crippen molar-refractivity contribution in [2.75, 3.05) is 43.6 Å². The molecule has 0 atom stereocenters. The van der Waals surface area contributed by atoms with Gasteiger partial charge in [-0.3, -0.25) is 19.7 Å². The number of ether oxygens (including phenoxy) is 1. The van der Waals surface area contributed by atoms with Gasteiger partial charge in [-0.25, -0.2) is 9.97 Å². The Hall–Kier alpha value is -4.81. The van der Waals surface area contributed by atoms with Crippen molar-refractivity contribution in [2.24, 2.45) is 0 Å². The number of hydrogen-bond acceptors (Lipinski definition) is 8. The molecule has 12 heteroatoms. The maximum Gasteiger partial charge on any atom is 0.268 e. The third-order valence-electron chi connectivity index (χ3n) is 7.28. The first kappa shape index (κ1) is 28.3. The van der Waals surface area contributed by atoms with E-state index in [9.17, 15) is 14.4 Å². The Kier molecular flexibility index (Phi) is 8.03. The largest absolute Gasteiger partial charge is 0.440 e. The number of hydrogen-bond donors (Lipinski definition) is 1. The highest BCUT2D eigenvalue weighted by atomic mass is 32.1. The van der Waals surface area contributed by atoms with Crippen molar-refractivity contribution in [1.29, 1.82) is 0 Å². The second kappa shape index (κ2) is 12.2. The highest BCUT2D eigenvalue weighted by Crippen LogP contribution is 2.30. The van der Waals surface area contributed by atoms with Crippen LogP contribution in [0.3, 0.4) is 0 Å². The van der Waals surface area contributed by atoms with Gasteiger partial charge in [0.15, 0.2) is 11.7 Å². The second-order valence-corrected chi connectivity index (χ2v) is 11.2. The van der Waals surface area contributed by atoms with E-state index in [0.29, 0.717) is 72.1 Å². The number of amides is 3. The minimum Gasteiger partial charge on any atom is -0.440 e. The molecule has 1 N–H and O–H groups in total. The number of fused-ring (bicyclic) bond motifs is 1. The van der Waals surface area contributed by atoms with Gasteiger partial charge in [-0.1, -0.05) is 18.2 Å². The third-order valence-corrected chi connectivity index (χ3v) is 8.38. The van der Waals surface area contributed by atoms with E-state index in [4.69, 9.17) is 14.1 Å². The van der Waals surface area contributed by atoms with E-state index in [2.05, 4.69) is 10.3 Å². The Balaban J connectivity index is 1.28. The SMILES string of the molecule is Cc1ncc(-c2ccc(C(=O)Nc3nc4cc(N(C)C(=O)c5ccccc5)ccc4n3CCC(=O)N3CCOCC3)s2)o1. The third kappa shape index (κ3) is 6.06. The Morgan fingerprint density at radius 2 is 1.84 bits per heavy atom. The number of morpholine rings is 1. The first-order valence-corrected chi connectivity index (χ1v) is 14.7. The van der Waals surface area contributed by atoms with Crippen LogP contribution in [-0.4, -0.2) is 70.5 Å². The molecule has 0 aliphatic carbocycles. The molecule has 2 aromatic carbocycles. The molecule has 3 amide bonds. The van der Waals surface area contributed by atoms with Crippen molar-refractivity contribution in [1.82, 2.24) is 19.4 Å². The number of oxazole rings is 1. The topological polar surface area (TPSA) is 123 Å². The van der Waals surface area contributed by atoms with E-state index in [1.54, 1.807) is 48.2 Å². The van der Waals surface area contributed by atoms with E-state index in [1.165, 1.54) is 11.3 Å². The molecule has 43 heavy (non-hydrogen) atoms. The molecule has 0 unspecified atom stereocenters. The van der Waals surface area contributed by atoms with Gasteiger partial charge >= 0.3 is 0 Å². The van der Waals surface area contributed by atoms with Crippen LogP contribution in [0, 0.1) is 6.92 Å². The summed E-state index contributed by atoms with van der Waals surface area (Å²) < 4.78 is 12.8. The van der Waals surface area contributed by atoms with Gasteiger partial charge in [0, 0.05) is 51.3 Å². The summed E-state index contributed by atoms with van der Waals surface area (Å²) in [7, 11) is 1.71. The second-order valence-electron chi connectivity index (χ2n) is 10.1. The van der Waals surface area contributed by atoms with Gasteiger partial charge in [0.2, 0.25) is 11.9 Å². The zero-order valence-corrected chi connectivity index (χ0v) is 24.6. The maximum atomic E-state index is 13.4. The van der Waals surface area contributed by atoms with Crippen LogP contribution in [0.5, 0.6) is 0 Å². The van der Waals surface area contributed by atoms with Crippen LogP contribution in [0.15, 0.2) is 71.3 Å². The van der Waals surface area contributed by atoms with Crippen LogP contribution in [0.1, 0.15) is 32.3 Å². The van der Waals surface area contributed by atoms with E-state index < -0.39 is 0 Å². The van der Waals surface area contributed by atoms with Gasteiger partial charge in [0.25, 0.3) is 11.8 Å². The highest BCUT2D eigenvalue weighted by Gasteiger charge is 2.22. The van der Waals surface area contributed by atoms with Crippen LogP contribution in [0.2, 0.25) is 0 Å². The smallest absolute Gasteiger partial charge is 0.268 e. The number of aryl methyl sites for hydroxylation is 2. The molecule has 220 valence electrons. The summed E-state index contributed by atoms with van der Waals surface area (Å²) in [6.07, 6.45) is 1.86. The molecule has 0 radical (unpaired) electrons. The zero-order chi connectivity index (χ0) is 29.9. The molecule has 0 saturated carbocycles. The van der Waals surface area contributed by atoms with Crippen molar-refractivity contribution in [3.05, 3.63) is 83.2 Å². The number of rotatable bonds is 8. The Bertz CT molecular complexity index is 1790. The molecule has 1 saturated heterocycles. The van der Waals surface area contributed by atoms with Crippen LogP contribution in [0.25, 0.3) is 21.7 Å². The predicted molar refractivity (Wildman–Crippen MR) is 163 cm³/mol. The Morgan fingerprint density at radius 3 is 2.58 bits per heavy atom. The lowest BCUT2D eigenvalue weighted by atomic mass is 10.2. The molecule has 1 fully saturated rings. The fourth-order valence-corrected chi connectivity index (χ4v) is 5.80. The minimum atomic E-state index is -0.333. The number of anilines is 2. The number of imidazole rings is 1. The summed E-state index contributed by atoms with van der Waals surface area (Å²) in [6, 6.07) is 18.1. The van der Waals surface area contributed by atoms with Gasteiger partial charge in [-0.05, 0) is 42.5 Å². The number of carbonyl (C=O) groups is 3. The van der Waals surface area contributed by atoms with Gasteiger partial charge in [0.05, 0.1) is 40.2 Å². The summed E-state index contributed by atoms with van der Waals surface area (Å²) in [5, 5.41) is 2.94. The summed E-state index contributed by atoms with van der Waals surface area (Å²) in [4.78, 5) is 52.9. The van der Waals surface area contributed by atoms with Gasteiger partial charge in [0.1, 0.15) is 0 Å². The minimum absolute atomic E-state index is 0.0116. The standard InChI is InChI=1S/C31H30N6O5S/c1-20-32-19-25(42-20)26-10-11-27(43-26)29(39)34-31-33-23-18-22(35(2)30(40)21-6-4-3-5-7-21)8-9-24(23)37(31)13-12-28(38)36-14-16-41-17-15-36/h3-11,18-19H,12-17H2,1-2H3,(H,33,34,39). The summed E-state index contributed by atoms with van der Waals surface area (Å²) in [5.41, 5.74) is 2.54. The number of nitrogens with zero attached hydrogens (tertiary/aromatic N) is 5. The van der Waals surface area contributed by atoms with Crippen LogP contribution in [0.4, 0.5) is 11.6 Å². The Morgan fingerprint density at radius 1 is 1.05 bits per heavy atom. The van der Waals surface area contributed by atoms with E-state index in [-0.39, 0.29) is 24.1 Å². The van der Waals surface area contributed by atoms with E-state index in [0.717, 1.165) is 10.4 Å². The van der Waals surface area contributed by atoms with Crippen molar-refractivity contribution in [2.45, 2.75) is 19.9 Å². The van der Waals surface area contributed by atoms with Crippen molar-refractivity contribution in [3.63, 3.8) is 0 Å². The van der Waals surface area contributed by atoms with Gasteiger partial charge in [-0.2, -0.15) is 0 Å². The van der Waals surface area contributed by atoms with Crippen LogP contribution < -0.4 is 10.2 Å². The highest BCUT2D eigenvalue weighted by molar-refractivity contribution is 7.17. The zero-order valence-electron chi connectivity index (χ0n) is 23.8. The molecule has 5 aromatic rings. The van der Waals surface area contributed by atoms with Gasteiger partial charge < -0.3 is 23.5 Å². The summed E-state index contributed by atoms with van der Waals surface area (Å²) in [6.45, 7) is 4.24. The number of carbonyl (C=O) groups excluding carboxylic acids is 3. The molecule has 1 aliphatic rings. The lowest BCUT2D eigenvalue weighted by molar-refractivity contribution is -0.135. The lowest BCUT2D eigenvalue weighted by Crippen LogP contribution is -2.41. The summed E-state index contributed by atoms with van der Waals surface area (Å²) >= 11 is 1.28. The van der Waals surface area contributed by atoms with E-state index in [1.807, 2.05) is 47.0 Å². The molecule has 0 bridgehead atoms. The molecule has 0 spiro atoms. The van der Waals surface area contributed by atoms with Crippen molar-refractivity contribution < 1.29 is 23.5 Å². The average molecular weight is 599 g/mol. The molecule has 4 heterocycles. The normalized spacial score (nSPS) is 13.3. The molecule has 11 nitrogen and oxygen atoms in total. The molecular formula is C31H30N6O5S. The number of nitrogens with one attached hydrogen (secondary N) is 1. The average Bonchev–Trinajstić information content (AvgIpc) is 3.78. The molecule has 6 rings (SSSR count). The van der Waals surface area contributed by atoms with Crippen molar-refractivity contribution in [3.8, 4) is 10.6 Å². The number of thiophene rings is 1. The first-order valence-electron chi connectivity index (χ1n) is 13.9. The van der Waals surface area contributed by atoms with Crippen molar-refractivity contribution >= 4 is 51.7 Å². The molecular weight excluding hydrogens is 568 g/mol. The van der Waals surface area contributed by atoms with Crippen LogP contribution in [-0.2, 0) is 16.1 Å². The van der Waals surface area contributed by atoms with Gasteiger partial charge in [-0.15, -0.1) is 11.3 Å². The molecule has 3 aromatic heterocycles. The first-order chi connectivity index (χ1) is 20.9. The fraction of sp³-hybridized carbons (Fsp3) is 0.258. The number of aromatic nitrogens is 3. The number of benzene rings is 2.